The first-order valence-electron chi connectivity index (χ1n) is 7.33. The second kappa shape index (κ2) is 5.74. The molecule has 110 valence electrons. The third-order valence-corrected chi connectivity index (χ3v) is 4.22. The van der Waals surface area contributed by atoms with Gasteiger partial charge in [-0.25, -0.2) is 0 Å². The highest BCUT2D eigenvalue weighted by molar-refractivity contribution is 6.03. The maximum Gasteiger partial charge on any atom is 0.253 e. The topological polar surface area (TPSA) is 64.3 Å². The Bertz CT molecular complexity index is 669. The number of amides is 1. The Balaban J connectivity index is 1.76. The molecule has 3 rings (SSSR count). The number of carbonyl (C=O) groups is 1. The molecule has 0 aliphatic carbocycles. The molecule has 0 radical (unpaired) electrons. The van der Waals surface area contributed by atoms with E-state index in [1.165, 1.54) is 0 Å². The lowest BCUT2D eigenvalue weighted by atomic mass is 10.0. The molecular formula is C17H20N2O2. The second-order valence-corrected chi connectivity index (χ2v) is 5.62. The molecule has 3 N–H and O–H groups in total. The van der Waals surface area contributed by atoms with Gasteiger partial charge in [-0.3, -0.25) is 4.79 Å². The fourth-order valence-corrected chi connectivity index (χ4v) is 2.82. The van der Waals surface area contributed by atoms with Crippen LogP contribution < -0.4 is 11.1 Å². The van der Waals surface area contributed by atoms with E-state index in [-0.39, 0.29) is 12.0 Å². The standard InChI is InChI=1S/C17H20N2O2/c1-11-14(6-7-21-11)10-19-17(20)15-8-12-4-2-3-5-13(12)9-16(15)18/h2-5,8-9,11,14H,6-7,10,18H2,1H3,(H,19,20). The van der Waals surface area contributed by atoms with Gasteiger partial charge >= 0.3 is 0 Å². The van der Waals surface area contributed by atoms with Crippen molar-refractivity contribution >= 4 is 22.4 Å². The maximum absolute atomic E-state index is 12.3. The number of hydrogen-bond donors (Lipinski definition) is 2. The summed E-state index contributed by atoms with van der Waals surface area (Å²) < 4.78 is 5.51. The lowest BCUT2D eigenvalue weighted by Crippen LogP contribution is -2.32. The zero-order valence-corrected chi connectivity index (χ0v) is 12.1. The highest BCUT2D eigenvalue weighted by atomic mass is 16.5. The van der Waals surface area contributed by atoms with Crippen LogP contribution in [-0.4, -0.2) is 25.2 Å². The third-order valence-electron chi connectivity index (χ3n) is 4.22. The molecule has 21 heavy (non-hydrogen) atoms. The van der Waals surface area contributed by atoms with E-state index in [2.05, 4.69) is 5.32 Å². The van der Waals surface area contributed by atoms with Gasteiger partial charge < -0.3 is 15.8 Å². The van der Waals surface area contributed by atoms with Crippen LogP contribution in [-0.2, 0) is 4.74 Å². The number of carbonyl (C=O) groups excluding carboxylic acids is 1. The predicted octanol–water partition coefficient (Wildman–Crippen LogP) is 2.58. The average Bonchev–Trinajstić information content (AvgIpc) is 2.89. The summed E-state index contributed by atoms with van der Waals surface area (Å²) in [5, 5.41) is 5.05. The van der Waals surface area contributed by atoms with E-state index in [1.807, 2.05) is 43.3 Å². The van der Waals surface area contributed by atoms with Gasteiger partial charge in [-0.1, -0.05) is 24.3 Å². The van der Waals surface area contributed by atoms with Gasteiger partial charge in [0.25, 0.3) is 5.91 Å². The lowest BCUT2D eigenvalue weighted by Gasteiger charge is -2.15. The first-order chi connectivity index (χ1) is 10.1. The first kappa shape index (κ1) is 13.9. The van der Waals surface area contributed by atoms with Crippen LogP contribution in [0.25, 0.3) is 10.8 Å². The number of rotatable bonds is 3. The van der Waals surface area contributed by atoms with Crippen molar-refractivity contribution in [2.45, 2.75) is 19.4 Å². The van der Waals surface area contributed by atoms with Crippen LogP contribution >= 0.6 is 0 Å². The second-order valence-electron chi connectivity index (χ2n) is 5.62. The Kier molecular flexibility index (Phi) is 3.80. The number of nitrogens with two attached hydrogens (primary N) is 1. The highest BCUT2D eigenvalue weighted by Gasteiger charge is 2.24. The van der Waals surface area contributed by atoms with E-state index >= 15 is 0 Å². The number of nitrogen functional groups attached to an aromatic ring is 1. The Morgan fingerprint density at radius 2 is 2.05 bits per heavy atom. The zero-order chi connectivity index (χ0) is 14.8. The number of fused-ring (bicyclic) bond motifs is 1. The van der Waals surface area contributed by atoms with Gasteiger partial charge in [0.2, 0.25) is 0 Å². The normalized spacial score (nSPS) is 21.6. The van der Waals surface area contributed by atoms with Crippen molar-refractivity contribution in [2.75, 3.05) is 18.9 Å². The highest BCUT2D eigenvalue weighted by Crippen LogP contribution is 2.23. The summed E-state index contributed by atoms with van der Waals surface area (Å²) in [6.45, 7) is 3.46. The molecule has 1 aliphatic heterocycles. The molecule has 2 atom stereocenters. The maximum atomic E-state index is 12.3. The van der Waals surface area contributed by atoms with Crippen LogP contribution in [0, 0.1) is 5.92 Å². The number of anilines is 1. The fraction of sp³-hybridized carbons (Fsp3) is 0.353. The van der Waals surface area contributed by atoms with Gasteiger partial charge in [-0.15, -0.1) is 0 Å². The fourth-order valence-electron chi connectivity index (χ4n) is 2.82. The number of hydrogen-bond acceptors (Lipinski definition) is 3. The molecule has 0 spiro atoms. The number of benzene rings is 2. The summed E-state index contributed by atoms with van der Waals surface area (Å²) in [5.74, 6) is 0.271. The van der Waals surface area contributed by atoms with E-state index in [0.29, 0.717) is 23.7 Å². The minimum Gasteiger partial charge on any atom is -0.398 e. The van der Waals surface area contributed by atoms with E-state index in [9.17, 15) is 4.79 Å². The van der Waals surface area contributed by atoms with Crippen molar-refractivity contribution in [3.8, 4) is 0 Å². The van der Waals surface area contributed by atoms with Crippen molar-refractivity contribution in [3.05, 3.63) is 42.0 Å². The lowest BCUT2D eigenvalue weighted by molar-refractivity contribution is 0.0908. The molecule has 1 fully saturated rings. The van der Waals surface area contributed by atoms with Crippen molar-refractivity contribution in [2.24, 2.45) is 5.92 Å². The molecule has 4 heteroatoms. The largest absolute Gasteiger partial charge is 0.398 e. The van der Waals surface area contributed by atoms with Gasteiger partial charge in [-0.05, 0) is 36.2 Å². The van der Waals surface area contributed by atoms with Gasteiger partial charge in [-0.2, -0.15) is 0 Å². The Labute approximate surface area is 124 Å². The Morgan fingerprint density at radius 3 is 2.71 bits per heavy atom. The molecule has 1 saturated heterocycles. The van der Waals surface area contributed by atoms with Crippen molar-refractivity contribution in [1.29, 1.82) is 0 Å². The molecule has 2 unspecified atom stereocenters. The van der Waals surface area contributed by atoms with Crippen LogP contribution in [0.3, 0.4) is 0 Å². The summed E-state index contributed by atoms with van der Waals surface area (Å²) in [6.07, 6.45) is 1.20. The summed E-state index contributed by atoms with van der Waals surface area (Å²) in [7, 11) is 0. The predicted molar refractivity (Wildman–Crippen MR) is 84.2 cm³/mol. The molecule has 1 aliphatic rings. The molecule has 2 aromatic carbocycles. The van der Waals surface area contributed by atoms with E-state index < -0.39 is 0 Å². The Hall–Kier alpha value is -2.07. The molecule has 4 nitrogen and oxygen atoms in total. The smallest absolute Gasteiger partial charge is 0.253 e. The van der Waals surface area contributed by atoms with Gasteiger partial charge in [0.15, 0.2) is 0 Å². The van der Waals surface area contributed by atoms with Crippen LogP contribution in [0.15, 0.2) is 36.4 Å². The molecule has 1 amide bonds. The van der Waals surface area contributed by atoms with Crippen molar-refractivity contribution in [3.63, 3.8) is 0 Å². The summed E-state index contributed by atoms with van der Waals surface area (Å²) in [6, 6.07) is 11.6. The van der Waals surface area contributed by atoms with E-state index in [4.69, 9.17) is 10.5 Å². The van der Waals surface area contributed by atoms with Crippen molar-refractivity contribution < 1.29 is 9.53 Å². The number of ether oxygens (including phenoxy) is 1. The molecule has 0 aromatic heterocycles. The monoisotopic (exact) mass is 284 g/mol. The van der Waals surface area contributed by atoms with Crippen LogP contribution in [0.2, 0.25) is 0 Å². The molecule has 2 aromatic rings. The Morgan fingerprint density at radius 1 is 1.33 bits per heavy atom. The number of nitrogens with one attached hydrogen (secondary N) is 1. The molecule has 0 saturated carbocycles. The molecule has 1 heterocycles. The van der Waals surface area contributed by atoms with Gasteiger partial charge in [0.05, 0.1) is 11.7 Å². The van der Waals surface area contributed by atoms with Crippen LogP contribution in [0.4, 0.5) is 5.69 Å². The van der Waals surface area contributed by atoms with E-state index in [0.717, 1.165) is 23.8 Å². The summed E-state index contributed by atoms with van der Waals surface area (Å²) in [4.78, 5) is 12.3. The van der Waals surface area contributed by atoms with Crippen molar-refractivity contribution in [1.82, 2.24) is 5.32 Å². The summed E-state index contributed by atoms with van der Waals surface area (Å²) in [5.41, 5.74) is 7.07. The average molecular weight is 284 g/mol. The molecular weight excluding hydrogens is 264 g/mol. The third kappa shape index (κ3) is 2.85. The quantitative estimate of drug-likeness (QED) is 0.851. The van der Waals surface area contributed by atoms with Gasteiger partial charge in [0, 0.05) is 24.8 Å². The van der Waals surface area contributed by atoms with Gasteiger partial charge in [0.1, 0.15) is 0 Å². The van der Waals surface area contributed by atoms with Crippen LogP contribution in [0.5, 0.6) is 0 Å². The minimum atomic E-state index is -0.114. The zero-order valence-electron chi connectivity index (χ0n) is 12.1. The SMILES string of the molecule is CC1OCCC1CNC(=O)c1cc2ccccc2cc1N. The first-order valence-corrected chi connectivity index (χ1v) is 7.33. The molecule has 0 bridgehead atoms. The minimum absolute atomic E-state index is 0.114. The summed E-state index contributed by atoms with van der Waals surface area (Å²) >= 11 is 0. The van der Waals surface area contributed by atoms with Crippen LogP contribution in [0.1, 0.15) is 23.7 Å². The van der Waals surface area contributed by atoms with E-state index in [1.54, 1.807) is 0 Å².